The van der Waals surface area contributed by atoms with Crippen LogP contribution in [0.4, 0.5) is 5.13 Å². The highest BCUT2D eigenvalue weighted by Crippen LogP contribution is 2.24. The molecule has 0 spiro atoms. The number of ketones is 1. The van der Waals surface area contributed by atoms with Crippen LogP contribution in [0.15, 0.2) is 6.33 Å². The SMILES string of the molecule is CCOC(=O)c1nc(NCc2ncn[nH]2)sc1C(C)=O. The Morgan fingerprint density at radius 2 is 2.30 bits per heavy atom. The van der Waals surface area contributed by atoms with Crippen LogP contribution in [0.2, 0.25) is 0 Å². The third-order valence-corrected chi connectivity index (χ3v) is 3.40. The molecule has 0 amide bonds. The van der Waals surface area contributed by atoms with Crippen molar-refractivity contribution in [1.29, 1.82) is 0 Å². The van der Waals surface area contributed by atoms with E-state index in [9.17, 15) is 9.59 Å². The fourth-order valence-electron chi connectivity index (χ4n) is 1.45. The van der Waals surface area contributed by atoms with Crippen LogP contribution in [0.5, 0.6) is 0 Å². The molecule has 0 saturated carbocycles. The minimum Gasteiger partial charge on any atom is -0.461 e. The fourth-order valence-corrected chi connectivity index (χ4v) is 2.29. The number of aromatic nitrogens is 4. The van der Waals surface area contributed by atoms with E-state index in [0.717, 1.165) is 11.3 Å². The van der Waals surface area contributed by atoms with Crippen molar-refractivity contribution in [2.75, 3.05) is 11.9 Å². The average Bonchev–Trinajstić information content (AvgIpc) is 3.06. The predicted molar refractivity (Wildman–Crippen MR) is 71.8 cm³/mol. The number of carbonyl (C=O) groups excluding carboxylic acids is 2. The normalized spacial score (nSPS) is 10.3. The molecule has 20 heavy (non-hydrogen) atoms. The van der Waals surface area contributed by atoms with Crippen molar-refractivity contribution in [3.63, 3.8) is 0 Å². The Morgan fingerprint density at radius 3 is 2.90 bits per heavy atom. The van der Waals surface area contributed by atoms with Crippen molar-refractivity contribution in [2.45, 2.75) is 20.4 Å². The summed E-state index contributed by atoms with van der Waals surface area (Å²) in [6.07, 6.45) is 1.39. The molecule has 0 aromatic carbocycles. The summed E-state index contributed by atoms with van der Waals surface area (Å²) in [6, 6.07) is 0. The second-order valence-electron chi connectivity index (χ2n) is 3.76. The lowest BCUT2D eigenvalue weighted by atomic mass is 10.3. The number of hydrogen-bond donors (Lipinski definition) is 2. The highest BCUT2D eigenvalue weighted by atomic mass is 32.1. The highest BCUT2D eigenvalue weighted by molar-refractivity contribution is 7.17. The van der Waals surface area contributed by atoms with Crippen molar-refractivity contribution in [2.24, 2.45) is 0 Å². The smallest absolute Gasteiger partial charge is 0.358 e. The summed E-state index contributed by atoms with van der Waals surface area (Å²) < 4.78 is 4.88. The molecule has 106 valence electrons. The second-order valence-corrected chi connectivity index (χ2v) is 4.76. The van der Waals surface area contributed by atoms with Crippen LogP contribution >= 0.6 is 11.3 Å². The van der Waals surface area contributed by atoms with Crippen molar-refractivity contribution in [1.82, 2.24) is 20.2 Å². The third kappa shape index (κ3) is 3.18. The van der Waals surface area contributed by atoms with Gasteiger partial charge in [0.05, 0.1) is 13.2 Å². The van der Waals surface area contributed by atoms with Crippen LogP contribution in [-0.4, -0.2) is 38.5 Å². The maximum atomic E-state index is 11.7. The van der Waals surface area contributed by atoms with Gasteiger partial charge in [0.1, 0.15) is 17.0 Å². The number of esters is 1. The van der Waals surface area contributed by atoms with E-state index in [2.05, 4.69) is 25.5 Å². The summed E-state index contributed by atoms with van der Waals surface area (Å²) in [5, 5.41) is 9.83. The number of ether oxygens (including phenoxy) is 1. The summed E-state index contributed by atoms with van der Waals surface area (Å²) in [7, 11) is 0. The quantitative estimate of drug-likeness (QED) is 0.609. The molecule has 2 heterocycles. The summed E-state index contributed by atoms with van der Waals surface area (Å²) in [5.74, 6) is -0.192. The molecular formula is C11H13N5O3S. The van der Waals surface area contributed by atoms with Gasteiger partial charge in [0.2, 0.25) is 0 Å². The van der Waals surface area contributed by atoms with Crippen molar-refractivity contribution >= 4 is 28.2 Å². The Labute approximate surface area is 118 Å². The van der Waals surface area contributed by atoms with Crippen molar-refractivity contribution in [3.8, 4) is 0 Å². The van der Waals surface area contributed by atoms with Crippen LogP contribution in [0.1, 0.15) is 39.8 Å². The molecule has 0 aliphatic heterocycles. The number of nitrogens with one attached hydrogen (secondary N) is 2. The molecule has 2 rings (SSSR count). The molecular weight excluding hydrogens is 282 g/mol. The lowest BCUT2D eigenvalue weighted by Gasteiger charge is -1.99. The maximum absolute atomic E-state index is 11.7. The molecule has 2 aromatic heterocycles. The minimum absolute atomic E-state index is 0.0458. The molecule has 8 nitrogen and oxygen atoms in total. The third-order valence-electron chi connectivity index (χ3n) is 2.29. The van der Waals surface area contributed by atoms with Gasteiger partial charge < -0.3 is 10.1 Å². The second kappa shape index (κ2) is 6.24. The average molecular weight is 295 g/mol. The Bertz CT molecular complexity index is 608. The van der Waals surface area contributed by atoms with E-state index in [1.807, 2.05) is 0 Å². The summed E-state index contributed by atoms with van der Waals surface area (Å²) in [5.41, 5.74) is 0.0458. The molecule has 0 bridgehead atoms. The highest BCUT2D eigenvalue weighted by Gasteiger charge is 2.22. The first kappa shape index (κ1) is 14.1. The van der Waals surface area contributed by atoms with Gasteiger partial charge in [-0.2, -0.15) is 5.10 Å². The first-order chi connectivity index (χ1) is 9.61. The number of hydrogen-bond acceptors (Lipinski definition) is 8. The van der Waals surface area contributed by atoms with E-state index >= 15 is 0 Å². The van der Waals surface area contributed by atoms with E-state index in [4.69, 9.17) is 4.74 Å². The standard InChI is InChI=1S/C11H13N5O3S/c1-3-19-10(18)8-9(6(2)17)20-11(15-8)12-4-7-13-5-14-16-7/h5H,3-4H2,1-2H3,(H,12,15)(H,13,14,16). The zero-order chi connectivity index (χ0) is 14.5. The van der Waals surface area contributed by atoms with Gasteiger partial charge in [0, 0.05) is 6.92 Å². The van der Waals surface area contributed by atoms with Crippen LogP contribution < -0.4 is 5.32 Å². The lowest BCUT2D eigenvalue weighted by molar-refractivity contribution is 0.0517. The lowest BCUT2D eigenvalue weighted by Crippen LogP contribution is -2.09. The van der Waals surface area contributed by atoms with Gasteiger partial charge in [-0.25, -0.2) is 14.8 Å². The number of Topliss-reactive ketones (excluding diaryl/α,β-unsaturated/α-hetero) is 1. The van der Waals surface area contributed by atoms with Gasteiger partial charge in [0.25, 0.3) is 0 Å². The Kier molecular flexibility index (Phi) is 4.41. The summed E-state index contributed by atoms with van der Waals surface area (Å²) in [4.78, 5) is 31.6. The zero-order valence-corrected chi connectivity index (χ0v) is 11.8. The molecule has 0 atom stereocenters. The number of nitrogens with zero attached hydrogens (tertiary/aromatic N) is 3. The molecule has 0 aliphatic carbocycles. The first-order valence-corrected chi connectivity index (χ1v) is 6.70. The van der Waals surface area contributed by atoms with Crippen molar-refractivity contribution in [3.05, 3.63) is 22.7 Å². The first-order valence-electron chi connectivity index (χ1n) is 5.88. The number of anilines is 1. The summed E-state index contributed by atoms with van der Waals surface area (Å²) >= 11 is 1.11. The largest absolute Gasteiger partial charge is 0.461 e. The number of aromatic amines is 1. The van der Waals surface area contributed by atoms with Gasteiger partial charge in [-0.1, -0.05) is 11.3 Å². The van der Waals surface area contributed by atoms with Gasteiger partial charge >= 0.3 is 5.97 Å². The molecule has 9 heteroatoms. The number of carbonyl (C=O) groups is 2. The van der Waals surface area contributed by atoms with Crippen LogP contribution in [0.3, 0.4) is 0 Å². The summed E-state index contributed by atoms with van der Waals surface area (Å²) in [6.45, 7) is 3.68. The van der Waals surface area contributed by atoms with Gasteiger partial charge in [-0.05, 0) is 6.92 Å². The minimum atomic E-state index is -0.596. The van der Waals surface area contributed by atoms with Crippen molar-refractivity contribution < 1.29 is 14.3 Å². The van der Waals surface area contributed by atoms with E-state index in [-0.39, 0.29) is 23.0 Å². The Balaban J connectivity index is 2.16. The monoisotopic (exact) mass is 295 g/mol. The topological polar surface area (TPSA) is 110 Å². The van der Waals surface area contributed by atoms with Crippen LogP contribution in [0, 0.1) is 0 Å². The molecule has 0 aliphatic rings. The fraction of sp³-hybridized carbons (Fsp3) is 0.364. The maximum Gasteiger partial charge on any atom is 0.358 e. The van der Waals surface area contributed by atoms with E-state index in [1.54, 1.807) is 6.92 Å². The predicted octanol–water partition coefficient (Wildman–Crippen LogP) is 1.25. The van der Waals surface area contributed by atoms with E-state index in [0.29, 0.717) is 17.5 Å². The Hall–Kier alpha value is -2.29. The van der Waals surface area contributed by atoms with Crippen LogP contribution in [-0.2, 0) is 11.3 Å². The molecule has 0 fully saturated rings. The number of H-pyrrole nitrogens is 1. The Morgan fingerprint density at radius 1 is 1.50 bits per heavy atom. The molecule has 2 N–H and O–H groups in total. The zero-order valence-electron chi connectivity index (χ0n) is 11.0. The molecule has 2 aromatic rings. The molecule has 0 unspecified atom stereocenters. The molecule has 0 radical (unpaired) electrons. The number of rotatable bonds is 6. The van der Waals surface area contributed by atoms with E-state index < -0.39 is 5.97 Å². The van der Waals surface area contributed by atoms with Crippen LogP contribution in [0.25, 0.3) is 0 Å². The number of thiazole rings is 1. The van der Waals surface area contributed by atoms with E-state index in [1.165, 1.54) is 13.3 Å². The van der Waals surface area contributed by atoms with Gasteiger partial charge in [0.15, 0.2) is 16.6 Å². The van der Waals surface area contributed by atoms with Gasteiger partial charge in [-0.3, -0.25) is 9.89 Å². The molecule has 0 saturated heterocycles. The van der Waals surface area contributed by atoms with Gasteiger partial charge in [-0.15, -0.1) is 0 Å².